The quantitative estimate of drug-likeness (QED) is 0.690. The Labute approximate surface area is 97.8 Å². The third-order valence-electron chi connectivity index (χ3n) is 4.42. The van der Waals surface area contributed by atoms with E-state index in [9.17, 15) is 0 Å². The van der Waals surface area contributed by atoms with E-state index >= 15 is 0 Å². The fourth-order valence-corrected chi connectivity index (χ4v) is 3.25. The van der Waals surface area contributed by atoms with Crippen LogP contribution in [0.1, 0.15) is 44.6 Å². The van der Waals surface area contributed by atoms with Gasteiger partial charge in [0.2, 0.25) is 0 Å². The minimum Gasteiger partial charge on any atom is -0.489 e. The first-order chi connectivity index (χ1) is 7.78. The van der Waals surface area contributed by atoms with Crippen LogP contribution in [0.15, 0.2) is 24.3 Å². The predicted molar refractivity (Wildman–Crippen MR) is 65.8 cm³/mol. The minimum atomic E-state index is 0.414. The van der Waals surface area contributed by atoms with E-state index < -0.39 is 0 Å². The number of hydrogen-bond acceptors (Lipinski definition) is 1. The van der Waals surface area contributed by atoms with Gasteiger partial charge in [0.15, 0.2) is 0 Å². The second-order valence-electron chi connectivity index (χ2n) is 5.63. The molecule has 0 spiro atoms. The van der Waals surface area contributed by atoms with Crippen molar-refractivity contribution < 1.29 is 4.74 Å². The lowest BCUT2D eigenvalue weighted by Gasteiger charge is -2.38. The number of ether oxygens (including phenoxy) is 1. The molecule has 1 unspecified atom stereocenters. The maximum Gasteiger partial charge on any atom is 0.123 e. The van der Waals surface area contributed by atoms with Crippen molar-refractivity contribution in [1.29, 1.82) is 0 Å². The SMILES string of the molecule is CC1(C2Cc3ccccc3O2)CCCCC1. The fraction of sp³-hybridized carbons (Fsp3) is 0.600. The molecular formula is C15H20O. The van der Waals surface area contributed by atoms with Gasteiger partial charge in [0.25, 0.3) is 0 Å². The van der Waals surface area contributed by atoms with Crippen molar-refractivity contribution in [2.24, 2.45) is 5.41 Å². The van der Waals surface area contributed by atoms with Crippen LogP contribution in [0.3, 0.4) is 0 Å². The summed E-state index contributed by atoms with van der Waals surface area (Å²) in [4.78, 5) is 0. The van der Waals surface area contributed by atoms with Crippen molar-refractivity contribution in [2.75, 3.05) is 0 Å². The summed E-state index contributed by atoms with van der Waals surface area (Å²) < 4.78 is 6.15. The summed E-state index contributed by atoms with van der Waals surface area (Å²) in [5.41, 5.74) is 1.82. The van der Waals surface area contributed by atoms with Gasteiger partial charge in [-0.1, -0.05) is 44.4 Å². The fourth-order valence-electron chi connectivity index (χ4n) is 3.25. The minimum absolute atomic E-state index is 0.414. The van der Waals surface area contributed by atoms with E-state index in [-0.39, 0.29) is 0 Å². The van der Waals surface area contributed by atoms with E-state index in [2.05, 4.69) is 31.2 Å². The van der Waals surface area contributed by atoms with Crippen LogP contribution in [0, 0.1) is 5.41 Å². The smallest absolute Gasteiger partial charge is 0.123 e. The van der Waals surface area contributed by atoms with E-state index in [1.165, 1.54) is 37.7 Å². The molecule has 0 saturated heterocycles. The number of rotatable bonds is 1. The first-order valence-corrected chi connectivity index (χ1v) is 6.52. The topological polar surface area (TPSA) is 9.23 Å². The molecule has 1 nitrogen and oxygen atoms in total. The lowest BCUT2D eigenvalue weighted by Crippen LogP contribution is -2.37. The first kappa shape index (κ1) is 10.2. The van der Waals surface area contributed by atoms with Crippen molar-refractivity contribution in [3.05, 3.63) is 29.8 Å². The Morgan fingerprint density at radius 2 is 1.88 bits per heavy atom. The van der Waals surface area contributed by atoms with Crippen LogP contribution in [0.2, 0.25) is 0 Å². The number of fused-ring (bicyclic) bond motifs is 1. The van der Waals surface area contributed by atoms with E-state index in [0.717, 1.165) is 12.2 Å². The Hall–Kier alpha value is -0.980. The monoisotopic (exact) mass is 216 g/mol. The Morgan fingerprint density at radius 3 is 2.62 bits per heavy atom. The molecule has 1 aliphatic heterocycles. The molecule has 1 atom stereocenters. The van der Waals surface area contributed by atoms with Crippen molar-refractivity contribution in [2.45, 2.75) is 51.6 Å². The summed E-state index contributed by atoms with van der Waals surface area (Å²) in [6.07, 6.45) is 8.39. The highest BCUT2D eigenvalue weighted by atomic mass is 16.5. The van der Waals surface area contributed by atoms with Gasteiger partial charge >= 0.3 is 0 Å². The second kappa shape index (κ2) is 3.80. The van der Waals surface area contributed by atoms with Gasteiger partial charge in [-0.25, -0.2) is 0 Å². The number of para-hydroxylation sites is 1. The maximum absolute atomic E-state index is 6.15. The molecular weight excluding hydrogens is 196 g/mol. The van der Waals surface area contributed by atoms with Gasteiger partial charge in [-0.05, 0) is 24.5 Å². The van der Waals surface area contributed by atoms with Crippen LogP contribution in [-0.4, -0.2) is 6.10 Å². The highest BCUT2D eigenvalue weighted by molar-refractivity contribution is 5.37. The molecule has 1 aromatic rings. The summed E-state index contributed by atoms with van der Waals surface area (Å²) >= 11 is 0. The molecule has 0 N–H and O–H groups in total. The number of hydrogen-bond donors (Lipinski definition) is 0. The highest BCUT2D eigenvalue weighted by Crippen LogP contribution is 2.45. The molecule has 0 amide bonds. The summed E-state index contributed by atoms with van der Waals surface area (Å²) in [6, 6.07) is 8.52. The molecule has 86 valence electrons. The molecule has 0 aromatic heterocycles. The third kappa shape index (κ3) is 1.63. The molecule has 1 aliphatic carbocycles. The Kier molecular flexibility index (Phi) is 2.42. The molecule has 1 heteroatoms. The molecule has 3 rings (SSSR count). The zero-order valence-corrected chi connectivity index (χ0v) is 10.0. The van der Waals surface area contributed by atoms with E-state index in [0.29, 0.717) is 11.5 Å². The van der Waals surface area contributed by atoms with Gasteiger partial charge in [-0.2, -0.15) is 0 Å². The molecule has 0 bridgehead atoms. The van der Waals surface area contributed by atoms with Crippen molar-refractivity contribution in [3.63, 3.8) is 0 Å². The number of benzene rings is 1. The zero-order chi connectivity index (χ0) is 11.0. The Balaban J connectivity index is 1.80. The van der Waals surface area contributed by atoms with Gasteiger partial charge in [-0.15, -0.1) is 0 Å². The summed E-state index contributed by atoms with van der Waals surface area (Å²) in [5, 5.41) is 0. The van der Waals surface area contributed by atoms with Gasteiger partial charge < -0.3 is 4.74 Å². The summed E-state index contributed by atoms with van der Waals surface area (Å²) in [6.45, 7) is 2.42. The normalized spacial score (nSPS) is 27.2. The molecule has 0 radical (unpaired) electrons. The van der Waals surface area contributed by atoms with E-state index in [4.69, 9.17) is 4.74 Å². The zero-order valence-electron chi connectivity index (χ0n) is 10.0. The molecule has 1 aromatic carbocycles. The van der Waals surface area contributed by atoms with Crippen molar-refractivity contribution >= 4 is 0 Å². The molecule has 1 saturated carbocycles. The lowest BCUT2D eigenvalue weighted by molar-refractivity contribution is 0.0448. The van der Waals surface area contributed by atoms with Crippen LogP contribution in [0.4, 0.5) is 0 Å². The van der Waals surface area contributed by atoms with Gasteiger partial charge in [-0.3, -0.25) is 0 Å². The third-order valence-corrected chi connectivity index (χ3v) is 4.42. The largest absolute Gasteiger partial charge is 0.489 e. The van der Waals surface area contributed by atoms with Crippen LogP contribution in [0.25, 0.3) is 0 Å². The van der Waals surface area contributed by atoms with Crippen molar-refractivity contribution in [3.8, 4) is 5.75 Å². The molecule has 1 heterocycles. The van der Waals surface area contributed by atoms with Crippen LogP contribution in [0.5, 0.6) is 5.75 Å². The average molecular weight is 216 g/mol. The molecule has 2 aliphatic rings. The van der Waals surface area contributed by atoms with E-state index in [1.807, 2.05) is 0 Å². The second-order valence-corrected chi connectivity index (χ2v) is 5.63. The average Bonchev–Trinajstić information content (AvgIpc) is 2.74. The Morgan fingerprint density at radius 1 is 1.12 bits per heavy atom. The first-order valence-electron chi connectivity index (χ1n) is 6.52. The molecule has 1 fully saturated rings. The summed E-state index contributed by atoms with van der Waals surface area (Å²) in [5.74, 6) is 1.12. The van der Waals surface area contributed by atoms with Crippen LogP contribution in [-0.2, 0) is 6.42 Å². The van der Waals surface area contributed by atoms with Crippen LogP contribution < -0.4 is 4.74 Å². The lowest BCUT2D eigenvalue weighted by atomic mass is 9.71. The van der Waals surface area contributed by atoms with Gasteiger partial charge in [0.05, 0.1) is 0 Å². The predicted octanol–water partition coefficient (Wildman–Crippen LogP) is 3.96. The van der Waals surface area contributed by atoms with E-state index in [1.54, 1.807) is 0 Å². The Bertz CT molecular complexity index is 352. The maximum atomic E-state index is 6.15. The van der Waals surface area contributed by atoms with Gasteiger partial charge in [0.1, 0.15) is 11.9 Å². The van der Waals surface area contributed by atoms with Crippen molar-refractivity contribution in [1.82, 2.24) is 0 Å². The van der Waals surface area contributed by atoms with Gasteiger partial charge in [0, 0.05) is 11.8 Å². The molecule has 16 heavy (non-hydrogen) atoms. The van der Waals surface area contributed by atoms with Crippen LogP contribution >= 0.6 is 0 Å². The standard InChI is InChI=1S/C15H20O/c1-15(9-5-2-6-10-15)14-11-12-7-3-4-8-13(12)16-14/h3-4,7-8,14H,2,5-6,9-11H2,1H3. The summed E-state index contributed by atoms with van der Waals surface area (Å²) in [7, 11) is 0. The highest BCUT2D eigenvalue weighted by Gasteiger charge is 2.40.